The first-order valence-electron chi connectivity index (χ1n) is 5.88. The first-order valence-corrected chi connectivity index (χ1v) is 5.88. The lowest BCUT2D eigenvalue weighted by Crippen LogP contribution is -2.51. The molecule has 0 saturated carbocycles. The molecule has 114 valence electrons. The van der Waals surface area contributed by atoms with E-state index in [1.54, 1.807) is 20.8 Å². The van der Waals surface area contributed by atoms with Crippen LogP contribution in [-0.2, 0) is 14.4 Å². The summed E-state index contributed by atoms with van der Waals surface area (Å²) in [6.07, 6.45) is -0.531. The third-order valence-corrected chi connectivity index (χ3v) is 1.93. The van der Waals surface area contributed by atoms with Crippen LogP contribution in [0.3, 0.4) is 0 Å². The Kier molecular flexibility index (Phi) is 6.47. The molecule has 0 bridgehead atoms. The van der Waals surface area contributed by atoms with Gasteiger partial charge in [-0.05, 0) is 20.8 Å². The standard InChI is InChI=1S/C11H20N4O5/c1-11(2,3)15-8(17)5-13-10(20)14-6(9(18)19)4-7(12)16/h6H,4-5H2,1-3H3,(H2,12,16)(H,15,17)(H,18,19)(H2,13,14,20)/t6-/m0/s1. The highest BCUT2D eigenvalue weighted by Gasteiger charge is 2.22. The quantitative estimate of drug-likeness (QED) is 0.404. The van der Waals surface area contributed by atoms with Crippen molar-refractivity contribution in [3.8, 4) is 0 Å². The zero-order valence-electron chi connectivity index (χ0n) is 11.6. The zero-order chi connectivity index (χ0) is 15.9. The molecule has 20 heavy (non-hydrogen) atoms. The highest BCUT2D eigenvalue weighted by molar-refractivity contribution is 5.89. The number of carboxylic acids is 1. The second kappa shape index (κ2) is 7.31. The van der Waals surface area contributed by atoms with Gasteiger partial charge in [0.15, 0.2) is 0 Å². The number of primary amides is 1. The average Bonchev–Trinajstić information content (AvgIpc) is 2.22. The molecule has 0 fully saturated rings. The van der Waals surface area contributed by atoms with Crippen LogP contribution in [-0.4, -0.2) is 47.0 Å². The Morgan fingerprint density at radius 1 is 1.20 bits per heavy atom. The minimum atomic E-state index is -1.43. The van der Waals surface area contributed by atoms with Crippen LogP contribution < -0.4 is 21.7 Å². The van der Waals surface area contributed by atoms with Gasteiger partial charge in [-0.2, -0.15) is 0 Å². The van der Waals surface area contributed by atoms with Gasteiger partial charge in [0.25, 0.3) is 0 Å². The van der Waals surface area contributed by atoms with Crippen LogP contribution in [0.2, 0.25) is 0 Å². The van der Waals surface area contributed by atoms with E-state index in [9.17, 15) is 19.2 Å². The number of hydrogen-bond donors (Lipinski definition) is 5. The zero-order valence-corrected chi connectivity index (χ0v) is 11.6. The minimum Gasteiger partial charge on any atom is -0.480 e. The number of nitrogens with two attached hydrogens (primary N) is 1. The number of hydrogen-bond acceptors (Lipinski definition) is 4. The molecule has 0 aromatic rings. The van der Waals surface area contributed by atoms with E-state index in [1.165, 1.54) is 0 Å². The number of aliphatic carboxylic acids is 1. The van der Waals surface area contributed by atoms with Crippen molar-refractivity contribution in [1.29, 1.82) is 0 Å². The largest absolute Gasteiger partial charge is 0.480 e. The van der Waals surface area contributed by atoms with E-state index in [0.29, 0.717) is 0 Å². The Morgan fingerprint density at radius 2 is 1.75 bits per heavy atom. The first-order chi connectivity index (χ1) is 9.01. The first kappa shape index (κ1) is 17.7. The van der Waals surface area contributed by atoms with Gasteiger partial charge in [0.05, 0.1) is 13.0 Å². The van der Waals surface area contributed by atoms with Crippen molar-refractivity contribution < 1.29 is 24.3 Å². The third-order valence-electron chi connectivity index (χ3n) is 1.93. The third kappa shape index (κ3) is 8.72. The maximum Gasteiger partial charge on any atom is 0.326 e. The van der Waals surface area contributed by atoms with Gasteiger partial charge in [-0.25, -0.2) is 9.59 Å². The van der Waals surface area contributed by atoms with Crippen molar-refractivity contribution in [2.24, 2.45) is 5.73 Å². The summed E-state index contributed by atoms with van der Waals surface area (Å²) < 4.78 is 0. The van der Waals surface area contributed by atoms with E-state index >= 15 is 0 Å². The lowest BCUT2D eigenvalue weighted by molar-refractivity contribution is -0.140. The molecule has 4 amide bonds. The van der Waals surface area contributed by atoms with Gasteiger partial charge in [0.2, 0.25) is 11.8 Å². The van der Waals surface area contributed by atoms with Gasteiger partial charge < -0.3 is 26.8 Å². The molecule has 0 radical (unpaired) electrons. The summed E-state index contributed by atoms with van der Waals surface area (Å²) in [5.41, 5.74) is 4.42. The summed E-state index contributed by atoms with van der Waals surface area (Å²) in [5.74, 6) is -2.67. The second-order valence-corrected chi connectivity index (χ2v) is 5.19. The predicted octanol–water partition coefficient (Wildman–Crippen LogP) is -1.47. The molecule has 0 aliphatic rings. The number of amides is 4. The van der Waals surface area contributed by atoms with E-state index in [2.05, 4.69) is 10.6 Å². The summed E-state index contributed by atoms with van der Waals surface area (Å²) in [7, 11) is 0. The molecule has 0 rings (SSSR count). The molecule has 0 spiro atoms. The number of carbonyl (C=O) groups excluding carboxylic acids is 3. The Hall–Kier alpha value is -2.32. The normalized spacial score (nSPS) is 12.2. The Morgan fingerprint density at radius 3 is 2.15 bits per heavy atom. The number of carboxylic acid groups (broad SMARTS) is 1. The van der Waals surface area contributed by atoms with E-state index in [1.807, 2.05) is 5.32 Å². The van der Waals surface area contributed by atoms with Gasteiger partial charge in [-0.15, -0.1) is 0 Å². The summed E-state index contributed by atoms with van der Waals surface area (Å²) in [4.78, 5) is 44.2. The lowest BCUT2D eigenvalue weighted by Gasteiger charge is -2.20. The predicted molar refractivity (Wildman–Crippen MR) is 69.7 cm³/mol. The SMILES string of the molecule is CC(C)(C)NC(=O)CNC(=O)N[C@@H](CC(N)=O)C(=O)O. The molecule has 0 aromatic carbocycles. The second-order valence-electron chi connectivity index (χ2n) is 5.19. The topological polar surface area (TPSA) is 151 Å². The Balaban J connectivity index is 4.24. The number of carbonyl (C=O) groups is 4. The van der Waals surface area contributed by atoms with Crippen LogP contribution >= 0.6 is 0 Å². The van der Waals surface area contributed by atoms with Gasteiger partial charge in [0, 0.05) is 5.54 Å². The number of nitrogens with one attached hydrogen (secondary N) is 3. The van der Waals surface area contributed by atoms with E-state index in [4.69, 9.17) is 10.8 Å². The molecular formula is C11H20N4O5. The maximum absolute atomic E-state index is 11.4. The van der Waals surface area contributed by atoms with E-state index in [0.717, 1.165) is 0 Å². The van der Waals surface area contributed by atoms with Crippen LogP contribution in [0.15, 0.2) is 0 Å². The Labute approximate surface area is 116 Å². The molecule has 0 aliphatic carbocycles. The van der Waals surface area contributed by atoms with Crippen LogP contribution in [0.4, 0.5) is 4.79 Å². The molecule has 0 unspecified atom stereocenters. The fourth-order valence-corrected chi connectivity index (χ4v) is 1.23. The maximum atomic E-state index is 11.4. The minimum absolute atomic E-state index is 0.313. The highest BCUT2D eigenvalue weighted by Crippen LogP contribution is 1.97. The van der Waals surface area contributed by atoms with Gasteiger partial charge in [-0.1, -0.05) is 0 Å². The number of rotatable bonds is 6. The van der Waals surface area contributed by atoms with Crippen molar-refractivity contribution in [2.45, 2.75) is 38.8 Å². The van der Waals surface area contributed by atoms with Crippen molar-refractivity contribution >= 4 is 23.8 Å². The van der Waals surface area contributed by atoms with Crippen molar-refractivity contribution in [3.05, 3.63) is 0 Å². The molecule has 1 atom stereocenters. The van der Waals surface area contributed by atoms with Crippen LogP contribution in [0, 0.1) is 0 Å². The van der Waals surface area contributed by atoms with Gasteiger partial charge in [-0.3, -0.25) is 9.59 Å². The smallest absolute Gasteiger partial charge is 0.326 e. The molecule has 0 saturated heterocycles. The molecule has 9 nitrogen and oxygen atoms in total. The van der Waals surface area contributed by atoms with Crippen LogP contribution in [0.1, 0.15) is 27.2 Å². The molecule has 9 heteroatoms. The number of urea groups is 1. The fraction of sp³-hybridized carbons (Fsp3) is 0.636. The van der Waals surface area contributed by atoms with Gasteiger partial charge in [0.1, 0.15) is 6.04 Å². The fourth-order valence-electron chi connectivity index (χ4n) is 1.23. The highest BCUT2D eigenvalue weighted by atomic mass is 16.4. The van der Waals surface area contributed by atoms with Crippen LogP contribution in [0.5, 0.6) is 0 Å². The molecule has 0 heterocycles. The molecule has 0 aromatic heterocycles. The van der Waals surface area contributed by atoms with Crippen molar-refractivity contribution in [3.63, 3.8) is 0 Å². The molecular weight excluding hydrogens is 268 g/mol. The lowest BCUT2D eigenvalue weighted by atomic mass is 10.1. The van der Waals surface area contributed by atoms with Crippen molar-refractivity contribution in [2.75, 3.05) is 6.54 Å². The summed E-state index contributed by atoms with van der Waals surface area (Å²) >= 11 is 0. The average molecular weight is 288 g/mol. The summed E-state index contributed by atoms with van der Waals surface area (Å²) in [5, 5.41) is 15.6. The molecule has 0 aliphatic heterocycles. The van der Waals surface area contributed by atoms with Crippen LogP contribution in [0.25, 0.3) is 0 Å². The Bertz CT molecular complexity index is 402. The monoisotopic (exact) mass is 288 g/mol. The van der Waals surface area contributed by atoms with Gasteiger partial charge >= 0.3 is 12.0 Å². The molecule has 6 N–H and O–H groups in total. The van der Waals surface area contributed by atoms with E-state index < -0.39 is 41.8 Å². The summed E-state index contributed by atoms with van der Waals surface area (Å²) in [6.45, 7) is 5.01. The summed E-state index contributed by atoms with van der Waals surface area (Å²) in [6, 6.07) is -2.30. The van der Waals surface area contributed by atoms with Crippen molar-refractivity contribution in [1.82, 2.24) is 16.0 Å². The van der Waals surface area contributed by atoms with E-state index in [-0.39, 0.29) is 6.54 Å².